The Morgan fingerprint density at radius 3 is 2.76 bits per heavy atom. The van der Waals surface area contributed by atoms with Gasteiger partial charge in [-0.1, -0.05) is 37.3 Å². The number of hydrogen-bond donors (Lipinski definition) is 1. The standard InChI is InChI=1S/C24H19N7O2/c1-14-12-31(24(32)23-30-29-22(33-23)17-8-4-5-9-25-17)21(20-19(14)27-13-28-20)18-10-15-6-2-3-7-16(15)11-26-18/h2-11,13-14,21H,12H2,1H3,(H,27,28)/t14-,21?/m0/s1. The second kappa shape index (κ2) is 7.63. The monoisotopic (exact) mass is 437 g/mol. The Kier molecular flexibility index (Phi) is 4.46. The van der Waals surface area contributed by atoms with Gasteiger partial charge in [0, 0.05) is 30.2 Å². The number of H-pyrrole nitrogens is 1. The van der Waals surface area contributed by atoms with Crippen molar-refractivity contribution in [3.8, 4) is 11.6 Å². The Morgan fingerprint density at radius 1 is 1.06 bits per heavy atom. The number of nitrogens with zero attached hydrogens (tertiary/aromatic N) is 6. The van der Waals surface area contributed by atoms with Gasteiger partial charge in [-0.05, 0) is 23.6 Å². The minimum absolute atomic E-state index is 0.0325. The number of carbonyl (C=O) groups is 1. The molecular weight excluding hydrogens is 418 g/mol. The van der Waals surface area contributed by atoms with Gasteiger partial charge >= 0.3 is 11.8 Å². The summed E-state index contributed by atoms with van der Waals surface area (Å²) in [5.41, 5.74) is 3.02. The van der Waals surface area contributed by atoms with Crippen molar-refractivity contribution in [3.05, 3.63) is 90.2 Å². The highest BCUT2D eigenvalue weighted by Crippen LogP contribution is 2.38. The zero-order valence-corrected chi connectivity index (χ0v) is 17.7. The highest BCUT2D eigenvalue weighted by Gasteiger charge is 2.40. The molecule has 0 saturated heterocycles. The van der Waals surface area contributed by atoms with E-state index in [2.05, 4.69) is 25.1 Å². The van der Waals surface area contributed by atoms with Crippen LogP contribution in [0.1, 0.15) is 46.7 Å². The number of hydrogen-bond acceptors (Lipinski definition) is 7. The number of aromatic nitrogens is 6. The molecule has 1 aliphatic heterocycles. The summed E-state index contributed by atoms with van der Waals surface area (Å²) in [5.74, 6) is -0.218. The first-order valence-corrected chi connectivity index (χ1v) is 10.6. The molecule has 1 aromatic carbocycles. The van der Waals surface area contributed by atoms with Crippen molar-refractivity contribution in [1.29, 1.82) is 0 Å². The second-order valence-corrected chi connectivity index (χ2v) is 8.05. The average Bonchev–Trinajstić information content (AvgIpc) is 3.55. The first-order chi connectivity index (χ1) is 16.2. The number of aromatic amines is 1. The van der Waals surface area contributed by atoms with E-state index in [1.807, 2.05) is 49.5 Å². The predicted octanol–water partition coefficient (Wildman–Crippen LogP) is 3.75. The van der Waals surface area contributed by atoms with Gasteiger partial charge in [-0.3, -0.25) is 14.8 Å². The van der Waals surface area contributed by atoms with Gasteiger partial charge in [0.25, 0.3) is 5.89 Å². The van der Waals surface area contributed by atoms with Crippen LogP contribution in [0.3, 0.4) is 0 Å². The van der Waals surface area contributed by atoms with Gasteiger partial charge in [0.2, 0.25) is 0 Å². The zero-order valence-electron chi connectivity index (χ0n) is 17.7. The Hall–Kier alpha value is -4.40. The van der Waals surface area contributed by atoms with Gasteiger partial charge in [0.1, 0.15) is 11.7 Å². The number of nitrogens with one attached hydrogen (secondary N) is 1. The van der Waals surface area contributed by atoms with Crippen LogP contribution >= 0.6 is 0 Å². The fraction of sp³-hybridized carbons (Fsp3) is 0.167. The molecule has 6 rings (SSSR count). The third-order valence-electron chi connectivity index (χ3n) is 5.91. The smallest absolute Gasteiger partial charge is 0.312 e. The SMILES string of the molecule is C[C@H]1CN(C(=O)c2nnc(-c3ccccn3)o2)C(c2cc3ccccc3cn2)c2[nH]cnc21. The largest absolute Gasteiger partial charge is 0.411 e. The van der Waals surface area contributed by atoms with Crippen molar-refractivity contribution in [2.45, 2.75) is 18.9 Å². The first-order valence-electron chi connectivity index (χ1n) is 10.6. The topological polar surface area (TPSA) is 114 Å². The van der Waals surface area contributed by atoms with Gasteiger partial charge < -0.3 is 14.3 Å². The summed E-state index contributed by atoms with van der Waals surface area (Å²) in [6.45, 7) is 2.48. The normalized spacial score (nSPS) is 17.8. The zero-order chi connectivity index (χ0) is 22.4. The fourth-order valence-electron chi connectivity index (χ4n) is 4.35. The van der Waals surface area contributed by atoms with E-state index in [9.17, 15) is 4.79 Å². The van der Waals surface area contributed by atoms with E-state index in [1.165, 1.54) is 0 Å². The number of amides is 1. The van der Waals surface area contributed by atoms with Crippen molar-refractivity contribution >= 4 is 16.7 Å². The minimum atomic E-state index is -0.457. The highest BCUT2D eigenvalue weighted by molar-refractivity contribution is 5.91. The summed E-state index contributed by atoms with van der Waals surface area (Å²) in [6, 6.07) is 14.9. The molecule has 162 valence electrons. The maximum atomic E-state index is 13.6. The predicted molar refractivity (Wildman–Crippen MR) is 119 cm³/mol. The lowest BCUT2D eigenvalue weighted by Gasteiger charge is -2.36. The Balaban J connectivity index is 1.43. The van der Waals surface area contributed by atoms with E-state index in [-0.39, 0.29) is 23.6 Å². The Bertz CT molecular complexity index is 1460. The molecule has 2 atom stereocenters. The van der Waals surface area contributed by atoms with Crippen LogP contribution in [0.25, 0.3) is 22.4 Å². The molecule has 1 amide bonds. The van der Waals surface area contributed by atoms with Gasteiger partial charge in [-0.2, -0.15) is 0 Å². The molecule has 1 unspecified atom stereocenters. The molecule has 0 aliphatic carbocycles. The van der Waals surface area contributed by atoms with Gasteiger partial charge in [0.15, 0.2) is 0 Å². The minimum Gasteiger partial charge on any atom is -0.411 e. The molecular formula is C24H19N7O2. The van der Waals surface area contributed by atoms with Crippen molar-refractivity contribution in [3.63, 3.8) is 0 Å². The van der Waals surface area contributed by atoms with E-state index >= 15 is 0 Å². The molecule has 0 spiro atoms. The van der Waals surface area contributed by atoms with Crippen LogP contribution in [0.4, 0.5) is 0 Å². The van der Waals surface area contributed by atoms with E-state index in [0.29, 0.717) is 12.2 Å². The molecule has 33 heavy (non-hydrogen) atoms. The lowest BCUT2D eigenvalue weighted by molar-refractivity contribution is 0.0629. The van der Waals surface area contributed by atoms with Crippen LogP contribution in [0.15, 0.2) is 71.7 Å². The third-order valence-corrected chi connectivity index (χ3v) is 5.91. The molecule has 1 aliphatic rings. The van der Waals surface area contributed by atoms with E-state index in [1.54, 1.807) is 29.6 Å². The van der Waals surface area contributed by atoms with Crippen molar-refractivity contribution in [1.82, 2.24) is 35.0 Å². The summed E-state index contributed by atoms with van der Waals surface area (Å²) in [6.07, 6.45) is 5.12. The second-order valence-electron chi connectivity index (χ2n) is 8.05. The van der Waals surface area contributed by atoms with Crippen LogP contribution in [-0.4, -0.2) is 47.5 Å². The number of imidazole rings is 1. The number of fused-ring (bicyclic) bond motifs is 2. The average molecular weight is 437 g/mol. The van der Waals surface area contributed by atoms with E-state index in [0.717, 1.165) is 27.9 Å². The highest BCUT2D eigenvalue weighted by atomic mass is 16.4. The molecule has 5 heterocycles. The number of rotatable bonds is 3. The number of pyridine rings is 2. The van der Waals surface area contributed by atoms with E-state index in [4.69, 9.17) is 9.40 Å². The van der Waals surface area contributed by atoms with Gasteiger partial charge in [-0.15, -0.1) is 10.2 Å². The van der Waals surface area contributed by atoms with Gasteiger partial charge in [0.05, 0.1) is 23.4 Å². The Morgan fingerprint density at radius 2 is 1.91 bits per heavy atom. The summed E-state index contributed by atoms with van der Waals surface area (Å²) in [4.78, 5) is 32.0. The lowest BCUT2D eigenvalue weighted by atomic mass is 9.92. The maximum absolute atomic E-state index is 13.6. The summed E-state index contributed by atoms with van der Waals surface area (Å²) in [7, 11) is 0. The quantitative estimate of drug-likeness (QED) is 0.457. The van der Waals surface area contributed by atoms with Gasteiger partial charge in [-0.25, -0.2) is 4.98 Å². The van der Waals surface area contributed by atoms with E-state index < -0.39 is 6.04 Å². The molecule has 5 aromatic rings. The van der Waals surface area contributed by atoms with Crippen molar-refractivity contribution < 1.29 is 9.21 Å². The molecule has 9 nitrogen and oxygen atoms in total. The summed E-state index contributed by atoms with van der Waals surface area (Å²) >= 11 is 0. The van der Waals surface area contributed by atoms with Crippen molar-refractivity contribution in [2.75, 3.05) is 6.54 Å². The van der Waals surface area contributed by atoms with Crippen molar-refractivity contribution in [2.24, 2.45) is 0 Å². The molecule has 4 aromatic heterocycles. The molecule has 0 fully saturated rings. The number of benzene rings is 1. The van der Waals surface area contributed by atoms with Crippen LogP contribution in [0, 0.1) is 0 Å². The van der Waals surface area contributed by atoms with Crippen LogP contribution in [-0.2, 0) is 0 Å². The van der Waals surface area contributed by atoms with Crippen LogP contribution in [0.2, 0.25) is 0 Å². The molecule has 0 saturated carbocycles. The van der Waals surface area contributed by atoms with Crippen LogP contribution in [0.5, 0.6) is 0 Å². The first kappa shape index (κ1) is 19.3. The Labute approximate surface area is 188 Å². The maximum Gasteiger partial charge on any atom is 0.312 e. The number of carbonyl (C=O) groups excluding carboxylic acids is 1. The molecule has 0 bridgehead atoms. The summed E-state index contributed by atoms with van der Waals surface area (Å²) < 4.78 is 5.72. The fourth-order valence-corrected chi connectivity index (χ4v) is 4.35. The molecule has 1 N–H and O–H groups in total. The molecule has 9 heteroatoms. The van der Waals surface area contributed by atoms with Crippen LogP contribution < -0.4 is 0 Å². The molecule has 0 radical (unpaired) electrons. The summed E-state index contributed by atoms with van der Waals surface area (Å²) in [5, 5.41) is 10.1. The third kappa shape index (κ3) is 3.25. The lowest BCUT2D eigenvalue weighted by Crippen LogP contribution is -2.42.